The number of ether oxygens (including phenoxy) is 4. The van der Waals surface area contributed by atoms with Crippen molar-refractivity contribution in [3.63, 3.8) is 0 Å². The molecule has 1 heterocycles. The Kier molecular flexibility index (Phi) is 4.74. The van der Waals surface area contributed by atoms with Gasteiger partial charge in [-0.05, 0) is 23.8 Å². The van der Waals surface area contributed by atoms with E-state index in [0.29, 0.717) is 23.8 Å². The summed E-state index contributed by atoms with van der Waals surface area (Å²) < 4.78 is 21.1. The summed E-state index contributed by atoms with van der Waals surface area (Å²) in [6.07, 6.45) is 0.234. The highest BCUT2D eigenvalue weighted by molar-refractivity contribution is 5.79. The zero-order valence-corrected chi connectivity index (χ0v) is 13.6. The first-order chi connectivity index (χ1) is 11.7. The number of carbonyl (C=O) groups is 1. The summed E-state index contributed by atoms with van der Waals surface area (Å²) in [4.78, 5) is 12.2. The van der Waals surface area contributed by atoms with Crippen molar-refractivity contribution in [2.75, 3.05) is 21.0 Å². The molecule has 0 atom stereocenters. The Morgan fingerprint density at radius 1 is 1.08 bits per heavy atom. The summed E-state index contributed by atoms with van der Waals surface area (Å²) >= 11 is 0. The Balaban J connectivity index is 1.60. The molecular formula is C18H19NO5. The summed E-state index contributed by atoms with van der Waals surface area (Å²) in [6.45, 7) is 0.663. The Morgan fingerprint density at radius 2 is 1.92 bits per heavy atom. The van der Waals surface area contributed by atoms with E-state index in [1.807, 2.05) is 30.3 Å². The van der Waals surface area contributed by atoms with E-state index >= 15 is 0 Å². The number of benzene rings is 2. The number of nitrogens with one attached hydrogen (secondary N) is 1. The average Bonchev–Trinajstić information content (AvgIpc) is 3.08. The molecule has 1 amide bonds. The van der Waals surface area contributed by atoms with E-state index in [0.717, 1.165) is 16.9 Å². The molecule has 0 spiro atoms. The summed E-state index contributed by atoms with van der Waals surface area (Å²) in [5.41, 5.74) is 1.76. The van der Waals surface area contributed by atoms with Gasteiger partial charge in [-0.15, -0.1) is 0 Å². The lowest BCUT2D eigenvalue weighted by atomic mass is 10.1. The third-order valence-electron chi connectivity index (χ3n) is 3.77. The Labute approximate surface area is 140 Å². The predicted molar refractivity (Wildman–Crippen MR) is 87.7 cm³/mol. The molecule has 0 bridgehead atoms. The van der Waals surface area contributed by atoms with Gasteiger partial charge in [-0.25, -0.2) is 0 Å². The van der Waals surface area contributed by atoms with Crippen LogP contribution in [0.4, 0.5) is 0 Å². The monoisotopic (exact) mass is 329 g/mol. The molecule has 2 aromatic carbocycles. The first-order valence-electron chi connectivity index (χ1n) is 7.55. The van der Waals surface area contributed by atoms with Crippen LogP contribution in [0.25, 0.3) is 0 Å². The summed E-state index contributed by atoms with van der Waals surface area (Å²) in [7, 11) is 3.16. The van der Waals surface area contributed by atoms with E-state index in [1.165, 1.54) is 0 Å². The van der Waals surface area contributed by atoms with E-state index in [4.69, 9.17) is 18.9 Å². The van der Waals surface area contributed by atoms with Crippen LogP contribution in [0.1, 0.15) is 11.1 Å². The Morgan fingerprint density at radius 3 is 2.71 bits per heavy atom. The van der Waals surface area contributed by atoms with Gasteiger partial charge in [0.25, 0.3) is 0 Å². The molecule has 126 valence electrons. The molecule has 0 aromatic heterocycles. The molecule has 0 saturated heterocycles. The van der Waals surface area contributed by atoms with Crippen LogP contribution in [0.3, 0.4) is 0 Å². The van der Waals surface area contributed by atoms with E-state index in [-0.39, 0.29) is 19.1 Å². The van der Waals surface area contributed by atoms with Crippen molar-refractivity contribution in [3.8, 4) is 23.0 Å². The van der Waals surface area contributed by atoms with E-state index in [9.17, 15) is 4.79 Å². The summed E-state index contributed by atoms with van der Waals surface area (Å²) in [5, 5.41) is 2.90. The van der Waals surface area contributed by atoms with Crippen LogP contribution >= 0.6 is 0 Å². The first-order valence-corrected chi connectivity index (χ1v) is 7.55. The van der Waals surface area contributed by atoms with Crippen LogP contribution in [0.15, 0.2) is 36.4 Å². The molecule has 0 fully saturated rings. The number of methoxy groups -OCH3 is 2. The number of hydrogen-bond acceptors (Lipinski definition) is 5. The highest BCUT2D eigenvalue weighted by Gasteiger charge is 2.14. The van der Waals surface area contributed by atoms with Crippen LogP contribution in [0.5, 0.6) is 23.0 Å². The number of carbonyl (C=O) groups excluding carboxylic acids is 1. The highest BCUT2D eigenvalue weighted by Crippen LogP contribution is 2.32. The van der Waals surface area contributed by atoms with Crippen molar-refractivity contribution in [2.45, 2.75) is 13.0 Å². The molecule has 0 aliphatic carbocycles. The smallest absolute Gasteiger partial charge is 0.231 e. The van der Waals surface area contributed by atoms with Crippen LogP contribution in [-0.2, 0) is 17.8 Å². The van der Waals surface area contributed by atoms with Gasteiger partial charge in [-0.3, -0.25) is 4.79 Å². The van der Waals surface area contributed by atoms with Crippen LogP contribution in [-0.4, -0.2) is 26.9 Å². The molecule has 1 N–H and O–H groups in total. The summed E-state index contributed by atoms with van der Waals surface area (Å²) in [6, 6.07) is 11.0. The number of rotatable bonds is 6. The molecule has 1 aliphatic rings. The summed E-state index contributed by atoms with van der Waals surface area (Å²) in [5.74, 6) is 2.67. The van der Waals surface area contributed by atoms with Gasteiger partial charge < -0.3 is 24.3 Å². The molecular weight excluding hydrogens is 310 g/mol. The maximum Gasteiger partial charge on any atom is 0.231 e. The van der Waals surface area contributed by atoms with Crippen molar-refractivity contribution < 1.29 is 23.7 Å². The van der Waals surface area contributed by atoms with Crippen LogP contribution in [0, 0.1) is 0 Å². The van der Waals surface area contributed by atoms with Gasteiger partial charge in [0, 0.05) is 18.2 Å². The average molecular weight is 329 g/mol. The lowest BCUT2D eigenvalue weighted by Crippen LogP contribution is -2.24. The first kappa shape index (κ1) is 16.0. The molecule has 1 aliphatic heterocycles. The second-order valence-corrected chi connectivity index (χ2v) is 5.32. The number of amides is 1. The molecule has 0 unspecified atom stereocenters. The lowest BCUT2D eigenvalue weighted by Gasteiger charge is -2.11. The van der Waals surface area contributed by atoms with E-state index in [2.05, 4.69) is 5.32 Å². The molecule has 6 nitrogen and oxygen atoms in total. The van der Waals surface area contributed by atoms with Gasteiger partial charge in [-0.1, -0.05) is 12.1 Å². The number of hydrogen-bond donors (Lipinski definition) is 1. The minimum Gasteiger partial charge on any atom is -0.497 e. The minimum absolute atomic E-state index is 0.0869. The standard InChI is InChI=1S/C18H19NO5/c1-21-14-5-4-13(16(9-14)22-2)8-18(20)19-10-12-3-6-15-17(7-12)24-11-23-15/h3-7,9H,8,10-11H2,1-2H3,(H,19,20). The topological polar surface area (TPSA) is 66.0 Å². The SMILES string of the molecule is COc1ccc(CC(=O)NCc2ccc3c(c2)OCO3)c(OC)c1. The van der Waals surface area contributed by atoms with Gasteiger partial charge in [0.15, 0.2) is 11.5 Å². The maximum absolute atomic E-state index is 12.2. The van der Waals surface area contributed by atoms with Crippen molar-refractivity contribution in [2.24, 2.45) is 0 Å². The molecule has 24 heavy (non-hydrogen) atoms. The number of fused-ring (bicyclic) bond motifs is 1. The second-order valence-electron chi connectivity index (χ2n) is 5.32. The largest absolute Gasteiger partial charge is 0.497 e. The molecule has 2 aromatic rings. The Hall–Kier alpha value is -2.89. The van der Waals surface area contributed by atoms with Crippen molar-refractivity contribution >= 4 is 5.91 Å². The van der Waals surface area contributed by atoms with Gasteiger partial charge in [0.05, 0.1) is 20.6 Å². The van der Waals surface area contributed by atoms with Gasteiger partial charge in [0.1, 0.15) is 11.5 Å². The van der Waals surface area contributed by atoms with Crippen molar-refractivity contribution in [1.82, 2.24) is 5.32 Å². The molecule has 3 rings (SSSR count). The molecule has 0 radical (unpaired) electrons. The van der Waals surface area contributed by atoms with Crippen LogP contribution in [0.2, 0.25) is 0 Å². The zero-order chi connectivity index (χ0) is 16.9. The van der Waals surface area contributed by atoms with Gasteiger partial charge in [-0.2, -0.15) is 0 Å². The zero-order valence-electron chi connectivity index (χ0n) is 13.6. The molecule has 6 heteroatoms. The van der Waals surface area contributed by atoms with E-state index < -0.39 is 0 Å². The van der Waals surface area contributed by atoms with E-state index in [1.54, 1.807) is 20.3 Å². The fourth-order valence-corrected chi connectivity index (χ4v) is 2.48. The maximum atomic E-state index is 12.2. The third-order valence-corrected chi connectivity index (χ3v) is 3.77. The third kappa shape index (κ3) is 3.53. The quantitative estimate of drug-likeness (QED) is 0.881. The minimum atomic E-state index is -0.0869. The molecule has 0 saturated carbocycles. The lowest BCUT2D eigenvalue weighted by molar-refractivity contribution is -0.120. The normalized spacial score (nSPS) is 11.9. The van der Waals surface area contributed by atoms with Crippen molar-refractivity contribution in [1.29, 1.82) is 0 Å². The highest BCUT2D eigenvalue weighted by atomic mass is 16.7. The van der Waals surface area contributed by atoms with Crippen molar-refractivity contribution in [3.05, 3.63) is 47.5 Å². The second kappa shape index (κ2) is 7.12. The predicted octanol–water partition coefficient (Wildman–Crippen LogP) is 2.29. The fourth-order valence-electron chi connectivity index (χ4n) is 2.48. The van der Waals surface area contributed by atoms with Gasteiger partial charge in [0.2, 0.25) is 12.7 Å². The van der Waals surface area contributed by atoms with Gasteiger partial charge >= 0.3 is 0 Å². The van der Waals surface area contributed by atoms with Crippen LogP contribution < -0.4 is 24.3 Å². The Bertz CT molecular complexity index is 744. The fraction of sp³-hybridized carbons (Fsp3) is 0.278.